The van der Waals surface area contributed by atoms with Crippen LogP contribution in [0.4, 0.5) is 0 Å². The first-order valence-electron chi connectivity index (χ1n) is 7.84. The van der Waals surface area contributed by atoms with E-state index < -0.39 is 0 Å². The van der Waals surface area contributed by atoms with Gasteiger partial charge in [0.2, 0.25) is 4.80 Å². The van der Waals surface area contributed by atoms with Crippen LogP contribution < -0.4 is 4.80 Å². The van der Waals surface area contributed by atoms with Crippen LogP contribution in [0.3, 0.4) is 0 Å². The van der Waals surface area contributed by atoms with Crippen molar-refractivity contribution in [1.29, 1.82) is 0 Å². The molecule has 3 rings (SSSR count). The van der Waals surface area contributed by atoms with Crippen molar-refractivity contribution in [1.82, 2.24) is 9.66 Å². The van der Waals surface area contributed by atoms with E-state index in [4.69, 9.17) is 28.3 Å². The number of hydrogen-bond acceptors (Lipinski definition) is 4. The number of rotatable bonds is 5. The maximum atomic E-state index is 6.19. The van der Waals surface area contributed by atoms with Crippen molar-refractivity contribution in [3.63, 3.8) is 0 Å². The second-order valence-corrected chi connectivity index (χ2v) is 7.02. The molecule has 0 spiro atoms. The van der Waals surface area contributed by atoms with Gasteiger partial charge in [-0.05, 0) is 31.2 Å². The van der Waals surface area contributed by atoms with Gasteiger partial charge in [-0.3, -0.25) is 9.98 Å². The third kappa shape index (κ3) is 4.12. The van der Waals surface area contributed by atoms with Gasteiger partial charge in [0.25, 0.3) is 0 Å². The Hall–Kier alpha value is -2.21. The normalized spacial score (nSPS) is 12.4. The highest BCUT2D eigenvalue weighted by molar-refractivity contribution is 7.07. The van der Waals surface area contributed by atoms with E-state index in [0.717, 1.165) is 27.5 Å². The molecule has 7 heteroatoms. The summed E-state index contributed by atoms with van der Waals surface area (Å²) in [6.45, 7) is 6.16. The van der Waals surface area contributed by atoms with E-state index in [9.17, 15) is 0 Å². The number of nitrogens with zero attached hydrogens (tertiary/aromatic N) is 4. The van der Waals surface area contributed by atoms with Crippen LogP contribution in [0.5, 0.6) is 0 Å². The molecule has 4 nitrogen and oxygen atoms in total. The van der Waals surface area contributed by atoms with Crippen molar-refractivity contribution in [2.45, 2.75) is 6.92 Å². The second kappa shape index (κ2) is 8.45. The van der Waals surface area contributed by atoms with Crippen LogP contribution in [-0.2, 0) is 0 Å². The standard InChI is InChI=1S/C19H16Cl2N4S/c1-3-9-23-19-25(24-13(2)17-6-4-5-10-22-17)18(12-26-19)14-7-8-15(20)16(21)11-14/h3-8,10-12H,1,9H2,2H3. The Morgan fingerprint density at radius 3 is 2.81 bits per heavy atom. The van der Waals surface area contributed by atoms with Crippen LogP contribution in [0.2, 0.25) is 10.0 Å². The summed E-state index contributed by atoms with van der Waals surface area (Å²) in [5.74, 6) is 0. The third-order valence-corrected chi connectivity index (χ3v) is 5.13. The molecule has 0 aliphatic heterocycles. The fourth-order valence-corrected chi connectivity index (χ4v) is 3.42. The van der Waals surface area contributed by atoms with Gasteiger partial charge in [0.1, 0.15) is 0 Å². The lowest BCUT2D eigenvalue weighted by atomic mass is 10.2. The fraction of sp³-hybridized carbons (Fsp3) is 0.105. The average molecular weight is 403 g/mol. The number of halogens is 2. The first-order chi connectivity index (χ1) is 12.6. The highest BCUT2D eigenvalue weighted by Gasteiger charge is 2.10. The SMILES string of the molecule is C=CCN=c1scc(-c2ccc(Cl)c(Cl)c2)n1N=C(C)c1ccccn1. The van der Waals surface area contributed by atoms with Crippen molar-refractivity contribution in [3.05, 3.63) is 81.2 Å². The topological polar surface area (TPSA) is 42.5 Å². The van der Waals surface area contributed by atoms with Gasteiger partial charge in [-0.25, -0.2) is 4.68 Å². The van der Waals surface area contributed by atoms with Gasteiger partial charge in [-0.1, -0.05) is 41.4 Å². The average Bonchev–Trinajstić information content (AvgIpc) is 3.05. The van der Waals surface area contributed by atoms with Gasteiger partial charge in [-0.2, -0.15) is 5.10 Å². The van der Waals surface area contributed by atoms with Crippen molar-refractivity contribution in [2.75, 3.05) is 6.54 Å². The molecule has 0 N–H and O–H groups in total. The molecule has 2 heterocycles. The van der Waals surface area contributed by atoms with E-state index in [1.807, 2.05) is 42.6 Å². The minimum Gasteiger partial charge on any atom is -0.255 e. The largest absolute Gasteiger partial charge is 0.255 e. The second-order valence-electron chi connectivity index (χ2n) is 5.37. The Balaban J connectivity index is 2.16. The minimum atomic E-state index is 0.497. The van der Waals surface area contributed by atoms with Gasteiger partial charge in [0.15, 0.2) is 0 Å². The van der Waals surface area contributed by atoms with E-state index in [0.29, 0.717) is 16.6 Å². The van der Waals surface area contributed by atoms with E-state index in [1.54, 1.807) is 23.0 Å². The first-order valence-corrected chi connectivity index (χ1v) is 9.48. The molecular weight excluding hydrogens is 387 g/mol. The van der Waals surface area contributed by atoms with Gasteiger partial charge >= 0.3 is 0 Å². The van der Waals surface area contributed by atoms with Crippen molar-refractivity contribution < 1.29 is 0 Å². The molecule has 2 aromatic heterocycles. The van der Waals surface area contributed by atoms with Crippen LogP contribution in [0.1, 0.15) is 12.6 Å². The van der Waals surface area contributed by atoms with Crippen molar-refractivity contribution >= 4 is 40.3 Å². The van der Waals surface area contributed by atoms with E-state index in [-0.39, 0.29) is 0 Å². The van der Waals surface area contributed by atoms with Crippen LogP contribution in [-0.4, -0.2) is 21.9 Å². The summed E-state index contributed by atoms with van der Waals surface area (Å²) in [5, 5.41) is 7.76. The summed E-state index contributed by atoms with van der Waals surface area (Å²) in [6, 6.07) is 11.2. The molecule has 0 fully saturated rings. The number of aromatic nitrogens is 2. The molecule has 0 radical (unpaired) electrons. The lowest BCUT2D eigenvalue weighted by Gasteiger charge is -2.07. The van der Waals surface area contributed by atoms with Crippen molar-refractivity contribution in [2.24, 2.45) is 10.1 Å². The summed E-state index contributed by atoms with van der Waals surface area (Å²) in [6.07, 6.45) is 3.49. The van der Waals surface area contributed by atoms with Gasteiger partial charge in [0, 0.05) is 17.1 Å². The molecule has 0 saturated carbocycles. The zero-order chi connectivity index (χ0) is 18.5. The lowest BCUT2D eigenvalue weighted by Crippen LogP contribution is -2.15. The molecular formula is C19H16Cl2N4S. The molecule has 0 aliphatic carbocycles. The predicted molar refractivity (Wildman–Crippen MR) is 110 cm³/mol. The van der Waals surface area contributed by atoms with E-state index >= 15 is 0 Å². The quantitative estimate of drug-likeness (QED) is 0.422. The molecule has 26 heavy (non-hydrogen) atoms. The molecule has 0 atom stereocenters. The van der Waals surface area contributed by atoms with Crippen LogP contribution in [0, 0.1) is 0 Å². The maximum Gasteiger partial charge on any atom is 0.206 e. The first kappa shape index (κ1) is 18.6. The minimum absolute atomic E-state index is 0.497. The summed E-state index contributed by atoms with van der Waals surface area (Å²) in [4.78, 5) is 9.65. The summed E-state index contributed by atoms with van der Waals surface area (Å²) in [5.41, 5.74) is 3.38. The fourth-order valence-electron chi connectivity index (χ4n) is 2.28. The Kier molecular flexibility index (Phi) is 6.04. The monoisotopic (exact) mass is 402 g/mol. The lowest BCUT2D eigenvalue weighted by molar-refractivity contribution is 0.833. The molecule has 3 aromatic rings. The Labute approximate surface area is 165 Å². The zero-order valence-corrected chi connectivity index (χ0v) is 16.4. The third-order valence-electron chi connectivity index (χ3n) is 3.54. The van der Waals surface area contributed by atoms with Crippen molar-refractivity contribution in [3.8, 4) is 11.3 Å². The van der Waals surface area contributed by atoms with E-state index in [2.05, 4.69) is 16.6 Å². The smallest absolute Gasteiger partial charge is 0.206 e. The summed E-state index contributed by atoms with van der Waals surface area (Å²) >= 11 is 13.7. The molecule has 0 aliphatic rings. The number of hydrogen-bond donors (Lipinski definition) is 0. The Morgan fingerprint density at radius 2 is 2.12 bits per heavy atom. The highest BCUT2D eigenvalue weighted by atomic mass is 35.5. The van der Waals surface area contributed by atoms with Crippen LogP contribution in [0.15, 0.2) is 70.7 Å². The van der Waals surface area contributed by atoms with Gasteiger partial charge < -0.3 is 0 Å². The maximum absolute atomic E-state index is 6.19. The highest BCUT2D eigenvalue weighted by Crippen LogP contribution is 2.28. The summed E-state index contributed by atoms with van der Waals surface area (Å²) in [7, 11) is 0. The Bertz CT molecular complexity index is 1020. The van der Waals surface area contributed by atoms with Gasteiger partial charge in [0.05, 0.1) is 33.7 Å². The molecule has 0 saturated heterocycles. The molecule has 0 bridgehead atoms. The zero-order valence-electron chi connectivity index (χ0n) is 14.1. The van der Waals surface area contributed by atoms with Crippen LogP contribution >= 0.6 is 34.5 Å². The molecule has 0 unspecified atom stereocenters. The molecule has 0 amide bonds. The number of pyridine rings is 1. The predicted octanol–water partition coefficient (Wildman–Crippen LogP) is 5.28. The molecule has 1 aromatic carbocycles. The van der Waals surface area contributed by atoms with Gasteiger partial charge in [-0.15, -0.1) is 17.9 Å². The number of thiazole rings is 1. The van der Waals surface area contributed by atoms with E-state index in [1.165, 1.54) is 11.3 Å². The summed E-state index contributed by atoms with van der Waals surface area (Å²) < 4.78 is 1.80. The van der Waals surface area contributed by atoms with Crippen LogP contribution in [0.25, 0.3) is 11.3 Å². The number of benzene rings is 1. The Morgan fingerprint density at radius 1 is 1.27 bits per heavy atom. The molecule has 132 valence electrons.